The van der Waals surface area contributed by atoms with Crippen molar-refractivity contribution in [3.05, 3.63) is 23.2 Å². The first-order valence-corrected chi connectivity index (χ1v) is 5.27. The van der Waals surface area contributed by atoms with E-state index in [1.807, 2.05) is 19.1 Å². The highest BCUT2D eigenvalue weighted by Gasteiger charge is 2.10. The molecule has 0 saturated heterocycles. The van der Waals surface area contributed by atoms with Gasteiger partial charge in [0.2, 0.25) is 5.88 Å². The van der Waals surface area contributed by atoms with Gasteiger partial charge in [0, 0.05) is 0 Å². The van der Waals surface area contributed by atoms with Gasteiger partial charge in [0.05, 0.1) is 29.6 Å². The summed E-state index contributed by atoms with van der Waals surface area (Å²) < 4.78 is 10.4. The monoisotopic (exact) mass is 238 g/mol. The van der Waals surface area contributed by atoms with E-state index in [0.29, 0.717) is 23.0 Å². The molecule has 1 aromatic carbocycles. The van der Waals surface area contributed by atoms with Crippen molar-refractivity contribution >= 4 is 22.5 Å². The van der Waals surface area contributed by atoms with Crippen LogP contribution in [0.4, 0.5) is 0 Å². The van der Waals surface area contributed by atoms with Crippen LogP contribution in [0.3, 0.4) is 0 Å². The van der Waals surface area contributed by atoms with Crippen molar-refractivity contribution in [2.45, 2.75) is 6.92 Å². The molecule has 0 unspecified atom stereocenters. The minimum absolute atomic E-state index is 0.278. The van der Waals surface area contributed by atoms with Crippen LogP contribution in [0.2, 0.25) is 5.02 Å². The molecule has 1 heterocycles. The van der Waals surface area contributed by atoms with Crippen molar-refractivity contribution in [2.75, 3.05) is 13.7 Å². The highest BCUT2D eigenvalue weighted by molar-refractivity contribution is 6.35. The average Bonchev–Trinajstić information content (AvgIpc) is 2.30. The van der Waals surface area contributed by atoms with Crippen LogP contribution < -0.4 is 9.47 Å². The summed E-state index contributed by atoms with van der Waals surface area (Å²) in [5, 5.41) is 1.33. The largest absolute Gasteiger partial charge is 0.480 e. The molecule has 2 rings (SSSR count). The third-order valence-electron chi connectivity index (χ3n) is 2.09. The Morgan fingerprint density at radius 1 is 1.31 bits per heavy atom. The summed E-state index contributed by atoms with van der Waals surface area (Å²) in [6.45, 7) is 2.37. The number of aromatic nitrogens is 2. The Morgan fingerprint density at radius 3 is 2.81 bits per heavy atom. The fourth-order valence-electron chi connectivity index (χ4n) is 1.42. The van der Waals surface area contributed by atoms with E-state index >= 15 is 0 Å². The molecule has 0 atom stereocenters. The second-order valence-corrected chi connectivity index (χ2v) is 3.49. The van der Waals surface area contributed by atoms with E-state index in [4.69, 9.17) is 21.1 Å². The molecular formula is C11H11ClN2O2. The summed E-state index contributed by atoms with van der Waals surface area (Å²) in [7, 11) is 1.55. The van der Waals surface area contributed by atoms with E-state index in [1.165, 1.54) is 0 Å². The highest BCUT2D eigenvalue weighted by atomic mass is 35.5. The molecule has 0 spiro atoms. The summed E-state index contributed by atoms with van der Waals surface area (Å²) >= 11 is 6.06. The van der Waals surface area contributed by atoms with E-state index in [0.717, 1.165) is 5.39 Å². The van der Waals surface area contributed by atoms with Gasteiger partial charge in [0.1, 0.15) is 0 Å². The minimum atomic E-state index is 0.278. The molecule has 0 radical (unpaired) electrons. The van der Waals surface area contributed by atoms with Gasteiger partial charge in [-0.2, -0.15) is 9.97 Å². The van der Waals surface area contributed by atoms with E-state index in [-0.39, 0.29) is 6.01 Å². The summed E-state index contributed by atoms with van der Waals surface area (Å²) in [6, 6.07) is 5.73. The van der Waals surface area contributed by atoms with Crippen molar-refractivity contribution in [2.24, 2.45) is 0 Å². The molecule has 0 aliphatic heterocycles. The number of benzene rings is 1. The van der Waals surface area contributed by atoms with Crippen LogP contribution in [0.1, 0.15) is 6.92 Å². The normalized spacial score (nSPS) is 10.4. The van der Waals surface area contributed by atoms with Gasteiger partial charge in [-0.25, -0.2) is 0 Å². The van der Waals surface area contributed by atoms with E-state index in [2.05, 4.69) is 9.97 Å². The number of para-hydroxylation sites is 1. The summed E-state index contributed by atoms with van der Waals surface area (Å²) in [5.74, 6) is 0.468. The Morgan fingerprint density at radius 2 is 2.12 bits per heavy atom. The molecule has 4 nitrogen and oxygen atoms in total. The maximum Gasteiger partial charge on any atom is 0.320 e. The lowest BCUT2D eigenvalue weighted by Gasteiger charge is -2.07. The predicted molar refractivity (Wildman–Crippen MR) is 62.3 cm³/mol. The van der Waals surface area contributed by atoms with Crippen molar-refractivity contribution in [3.8, 4) is 11.9 Å². The summed E-state index contributed by atoms with van der Waals surface area (Å²) in [4.78, 5) is 8.36. The first-order chi connectivity index (χ1) is 7.76. The van der Waals surface area contributed by atoms with Crippen molar-refractivity contribution in [1.29, 1.82) is 0 Å². The quantitative estimate of drug-likeness (QED) is 0.825. The molecule has 0 aliphatic rings. The molecule has 0 N–H and O–H groups in total. The number of hydrogen-bond donors (Lipinski definition) is 0. The molecule has 0 bridgehead atoms. The number of hydrogen-bond acceptors (Lipinski definition) is 4. The lowest BCUT2D eigenvalue weighted by Crippen LogP contribution is -2.00. The third kappa shape index (κ3) is 1.88. The molecule has 0 fully saturated rings. The van der Waals surface area contributed by atoms with Gasteiger partial charge in [0.15, 0.2) is 0 Å². The van der Waals surface area contributed by atoms with Gasteiger partial charge in [-0.1, -0.05) is 17.7 Å². The number of halogens is 1. The van der Waals surface area contributed by atoms with Crippen LogP contribution in [0.5, 0.6) is 11.9 Å². The zero-order chi connectivity index (χ0) is 11.5. The van der Waals surface area contributed by atoms with Crippen LogP contribution in [0, 0.1) is 0 Å². The van der Waals surface area contributed by atoms with Crippen molar-refractivity contribution in [1.82, 2.24) is 9.97 Å². The summed E-state index contributed by atoms with van der Waals surface area (Å²) in [6.07, 6.45) is 0. The molecule has 1 aromatic heterocycles. The fraction of sp³-hybridized carbons (Fsp3) is 0.273. The van der Waals surface area contributed by atoms with E-state index < -0.39 is 0 Å². The maximum absolute atomic E-state index is 6.06. The van der Waals surface area contributed by atoms with Crippen LogP contribution in [0.25, 0.3) is 10.9 Å². The van der Waals surface area contributed by atoms with Gasteiger partial charge < -0.3 is 9.47 Å². The van der Waals surface area contributed by atoms with Gasteiger partial charge in [-0.05, 0) is 19.1 Å². The van der Waals surface area contributed by atoms with Crippen LogP contribution in [0.15, 0.2) is 18.2 Å². The molecular weight excluding hydrogens is 228 g/mol. The number of ether oxygens (including phenoxy) is 2. The molecule has 0 aliphatic carbocycles. The average molecular weight is 239 g/mol. The number of methoxy groups -OCH3 is 1. The molecule has 0 saturated carbocycles. The molecule has 0 amide bonds. The van der Waals surface area contributed by atoms with Crippen LogP contribution in [-0.4, -0.2) is 23.7 Å². The van der Waals surface area contributed by atoms with Crippen molar-refractivity contribution < 1.29 is 9.47 Å². The Kier molecular flexibility index (Phi) is 3.10. The van der Waals surface area contributed by atoms with Gasteiger partial charge in [-0.3, -0.25) is 0 Å². The van der Waals surface area contributed by atoms with E-state index in [1.54, 1.807) is 13.2 Å². The molecule has 5 heteroatoms. The standard InChI is InChI=1S/C11H11ClN2O2/c1-3-16-11-13-9-7(10(14-11)15-2)5-4-6-8(9)12/h4-6H,3H2,1-2H3. The van der Waals surface area contributed by atoms with Crippen LogP contribution >= 0.6 is 11.6 Å². The number of fused-ring (bicyclic) bond motifs is 1. The summed E-state index contributed by atoms with van der Waals surface area (Å²) in [5.41, 5.74) is 0.638. The predicted octanol–water partition coefficient (Wildman–Crippen LogP) is 2.69. The Hall–Kier alpha value is -1.55. The van der Waals surface area contributed by atoms with E-state index in [9.17, 15) is 0 Å². The molecule has 16 heavy (non-hydrogen) atoms. The zero-order valence-corrected chi connectivity index (χ0v) is 9.78. The first-order valence-electron chi connectivity index (χ1n) is 4.89. The Labute approximate surface area is 98.2 Å². The lowest BCUT2D eigenvalue weighted by molar-refractivity contribution is 0.305. The second kappa shape index (κ2) is 4.53. The molecule has 84 valence electrons. The lowest BCUT2D eigenvalue weighted by atomic mass is 10.2. The topological polar surface area (TPSA) is 44.2 Å². The Bertz CT molecular complexity index is 517. The highest BCUT2D eigenvalue weighted by Crippen LogP contribution is 2.29. The van der Waals surface area contributed by atoms with Crippen LogP contribution in [-0.2, 0) is 0 Å². The van der Waals surface area contributed by atoms with Crippen molar-refractivity contribution in [3.63, 3.8) is 0 Å². The first kappa shape index (κ1) is 11.0. The fourth-order valence-corrected chi connectivity index (χ4v) is 1.64. The third-order valence-corrected chi connectivity index (χ3v) is 2.39. The van der Waals surface area contributed by atoms with Gasteiger partial charge >= 0.3 is 6.01 Å². The second-order valence-electron chi connectivity index (χ2n) is 3.08. The maximum atomic E-state index is 6.06. The zero-order valence-electron chi connectivity index (χ0n) is 9.03. The Balaban J connectivity index is 2.69. The number of nitrogens with zero attached hydrogens (tertiary/aromatic N) is 2. The smallest absolute Gasteiger partial charge is 0.320 e. The van der Waals surface area contributed by atoms with Gasteiger partial charge in [-0.15, -0.1) is 0 Å². The number of rotatable bonds is 3. The van der Waals surface area contributed by atoms with Gasteiger partial charge in [0.25, 0.3) is 0 Å². The SMILES string of the molecule is CCOc1nc(OC)c2cccc(Cl)c2n1. The minimum Gasteiger partial charge on any atom is -0.480 e. The molecule has 2 aromatic rings.